The van der Waals surface area contributed by atoms with Crippen molar-refractivity contribution in [2.45, 2.75) is 19.5 Å². The molecule has 10 heteroatoms. The predicted octanol–water partition coefficient (Wildman–Crippen LogP) is 5.11. The standard InChI is InChI=1S/C20H15F4N3O2S/c1-11(28)25-14-6-7-15(16(21)9-14)17-10-30-19(26-17)27-18(29)8-12-2-4-13(5-3-12)20(22,23)24/h2-7,9-10H,8H2,1H3,(H,25,28)(H,26,27,29). The van der Waals surface area contributed by atoms with Crippen LogP contribution < -0.4 is 10.6 Å². The number of halogens is 4. The van der Waals surface area contributed by atoms with Crippen molar-refractivity contribution < 1.29 is 27.2 Å². The van der Waals surface area contributed by atoms with Crippen molar-refractivity contribution in [2.75, 3.05) is 10.6 Å². The van der Waals surface area contributed by atoms with E-state index in [1.165, 1.54) is 37.3 Å². The normalized spacial score (nSPS) is 11.2. The van der Waals surface area contributed by atoms with Crippen molar-refractivity contribution in [2.24, 2.45) is 0 Å². The number of nitrogens with one attached hydrogen (secondary N) is 2. The van der Waals surface area contributed by atoms with Crippen LogP contribution in [0.1, 0.15) is 18.1 Å². The second-order valence-corrected chi connectivity index (χ2v) is 7.19. The molecule has 0 radical (unpaired) electrons. The zero-order valence-electron chi connectivity index (χ0n) is 15.5. The van der Waals surface area contributed by atoms with Crippen molar-refractivity contribution in [3.63, 3.8) is 0 Å². The summed E-state index contributed by atoms with van der Waals surface area (Å²) in [7, 11) is 0. The second-order valence-electron chi connectivity index (χ2n) is 6.33. The number of aromatic nitrogens is 1. The first-order valence-electron chi connectivity index (χ1n) is 8.61. The third kappa shape index (κ3) is 5.41. The topological polar surface area (TPSA) is 71.1 Å². The Morgan fingerprint density at radius 3 is 2.37 bits per heavy atom. The van der Waals surface area contributed by atoms with E-state index >= 15 is 0 Å². The van der Waals surface area contributed by atoms with Crippen LogP contribution in [0.25, 0.3) is 11.3 Å². The van der Waals surface area contributed by atoms with Gasteiger partial charge in [-0.15, -0.1) is 11.3 Å². The number of hydrogen-bond acceptors (Lipinski definition) is 4. The highest BCUT2D eigenvalue weighted by Gasteiger charge is 2.30. The van der Waals surface area contributed by atoms with Gasteiger partial charge in [-0.05, 0) is 35.9 Å². The molecule has 0 aliphatic rings. The Kier molecular flexibility index (Phi) is 6.16. The molecule has 30 heavy (non-hydrogen) atoms. The molecule has 0 spiro atoms. The Morgan fingerprint density at radius 1 is 1.07 bits per heavy atom. The van der Waals surface area contributed by atoms with E-state index < -0.39 is 23.5 Å². The van der Waals surface area contributed by atoms with Crippen LogP contribution in [-0.4, -0.2) is 16.8 Å². The smallest absolute Gasteiger partial charge is 0.326 e. The lowest BCUT2D eigenvalue weighted by atomic mass is 10.1. The average molecular weight is 437 g/mol. The van der Waals surface area contributed by atoms with E-state index in [1.807, 2.05) is 0 Å². The quantitative estimate of drug-likeness (QED) is 0.545. The average Bonchev–Trinajstić information content (AvgIpc) is 3.09. The maximum Gasteiger partial charge on any atom is 0.416 e. The van der Waals surface area contributed by atoms with Crippen LogP contribution in [0.2, 0.25) is 0 Å². The molecular formula is C20H15F4N3O2S. The van der Waals surface area contributed by atoms with E-state index in [9.17, 15) is 27.2 Å². The molecule has 156 valence electrons. The summed E-state index contributed by atoms with van der Waals surface area (Å²) < 4.78 is 52.1. The molecule has 0 saturated heterocycles. The lowest BCUT2D eigenvalue weighted by molar-refractivity contribution is -0.137. The molecular weight excluding hydrogens is 422 g/mol. The number of nitrogens with zero attached hydrogens (tertiary/aromatic N) is 1. The van der Waals surface area contributed by atoms with Gasteiger partial charge in [0.25, 0.3) is 0 Å². The summed E-state index contributed by atoms with van der Waals surface area (Å²) in [6.07, 6.45) is -4.57. The van der Waals surface area contributed by atoms with Gasteiger partial charge in [0.1, 0.15) is 5.82 Å². The SMILES string of the molecule is CC(=O)Nc1ccc(-c2csc(NC(=O)Cc3ccc(C(F)(F)F)cc3)n2)c(F)c1. The highest BCUT2D eigenvalue weighted by atomic mass is 32.1. The van der Waals surface area contributed by atoms with E-state index in [4.69, 9.17) is 0 Å². The van der Waals surface area contributed by atoms with E-state index in [0.717, 1.165) is 23.5 Å². The van der Waals surface area contributed by atoms with E-state index in [0.29, 0.717) is 16.9 Å². The highest BCUT2D eigenvalue weighted by Crippen LogP contribution is 2.30. The third-order valence-corrected chi connectivity index (χ3v) is 4.72. The molecule has 2 N–H and O–H groups in total. The Labute approximate surface area is 172 Å². The summed E-state index contributed by atoms with van der Waals surface area (Å²) in [6, 6.07) is 8.46. The third-order valence-electron chi connectivity index (χ3n) is 3.96. The predicted molar refractivity (Wildman–Crippen MR) is 106 cm³/mol. The Hall–Kier alpha value is -3.27. The number of thiazole rings is 1. The Balaban J connectivity index is 1.65. The van der Waals surface area contributed by atoms with Crippen LogP contribution in [0.15, 0.2) is 47.8 Å². The summed E-state index contributed by atoms with van der Waals surface area (Å²) >= 11 is 1.08. The first-order chi connectivity index (χ1) is 14.1. The molecule has 2 amide bonds. The van der Waals surface area contributed by atoms with Gasteiger partial charge in [-0.25, -0.2) is 9.37 Å². The van der Waals surface area contributed by atoms with Crippen molar-refractivity contribution in [3.05, 3.63) is 64.8 Å². The van der Waals surface area contributed by atoms with Gasteiger partial charge in [0.15, 0.2) is 5.13 Å². The number of amides is 2. The fourth-order valence-electron chi connectivity index (χ4n) is 2.62. The van der Waals surface area contributed by atoms with E-state index in [-0.39, 0.29) is 23.0 Å². The summed E-state index contributed by atoms with van der Waals surface area (Å²) in [6.45, 7) is 1.31. The maximum atomic E-state index is 14.3. The zero-order valence-corrected chi connectivity index (χ0v) is 16.3. The molecule has 0 atom stereocenters. The van der Waals surface area contributed by atoms with Crippen LogP contribution in [0.4, 0.5) is 28.4 Å². The van der Waals surface area contributed by atoms with Crippen LogP contribution in [0.5, 0.6) is 0 Å². The number of benzene rings is 2. The summed E-state index contributed by atoms with van der Waals surface area (Å²) in [5.41, 5.74) is 0.434. The second kappa shape index (κ2) is 8.62. The summed E-state index contributed by atoms with van der Waals surface area (Å²) in [4.78, 5) is 27.4. The van der Waals surface area contributed by atoms with Gasteiger partial charge in [0.05, 0.1) is 17.7 Å². The van der Waals surface area contributed by atoms with Gasteiger partial charge in [-0.1, -0.05) is 12.1 Å². The van der Waals surface area contributed by atoms with Crippen molar-refractivity contribution in [1.29, 1.82) is 0 Å². The van der Waals surface area contributed by atoms with E-state index in [1.54, 1.807) is 5.38 Å². The molecule has 2 aromatic carbocycles. The molecule has 1 aromatic heterocycles. The van der Waals surface area contributed by atoms with Crippen molar-refractivity contribution in [3.8, 4) is 11.3 Å². The summed E-state index contributed by atoms with van der Waals surface area (Å²) in [5, 5.41) is 6.81. The van der Waals surface area contributed by atoms with Crippen LogP contribution in [-0.2, 0) is 22.2 Å². The molecule has 1 heterocycles. The number of carbonyl (C=O) groups is 2. The molecule has 3 aromatic rings. The van der Waals surface area contributed by atoms with Crippen LogP contribution in [0, 0.1) is 5.82 Å². The molecule has 5 nitrogen and oxygen atoms in total. The van der Waals surface area contributed by atoms with Gasteiger partial charge in [-0.2, -0.15) is 13.2 Å². The minimum atomic E-state index is -4.44. The summed E-state index contributed by atoms with van der Waals surface area (Å²) in [5.74, 6) is -1.37. The number of alkyl halides is 3. The molecule has 3 rings (SSSR count). The van der Waals surface area contributed by atoms with Crippen molar-refractivity contribution in [1.82, 2.24) is 4.98 Å². The first kappa shape index (κ1) is 21.4. The zero-order chi connectivity index (χ0) is 21.9. The fraction of sp³-hybridized carbons (Fsp3) is 0.150. The van der Waals surface area contributed by atoms with Gasteiger partial charge < -0.3 is 10.6 Å². The van der Waals surface area contributed by atoms with E-state index in [2.05, 4.69) is 15.6 Å². The minimum Gasteiger partial charge on any atom is -0.326 e. The fourth-order valence-corrected chi connectivity index (χ4v) is 3.35. The molecule has 0 aliphatic heterocycles. The number of rotatable bonds is 5. The number of carbonyl (C=O) groups excluding carboxylic acids is 2. The largest absolute Gasteiger partial charge is 0.416 e. The lowest BCUT2D eigenvalue weighted by Crippen LogP contribution is -2.14. The number of hydrogen-bond donors (Lipinski definition) is 2. The maximum absolute atomic E-state index is 14.3. The van der Waals surface area contributed by atoms with Gasteiger partial charge in [0.2, 0.25) is 11.8 Å². The van der Waals surface area contributed by atoms with Crippen molar-refractivity contribution >= 4 is 34.0 Å². The van der Waals surface area contributed by atoms with Gasteiger partial charge in [0, 0.05) is 23.6 Å². The Morgan fingerprint density at radius 2 is 1.77 bits per heavy atom. The molecule has 0 fully saturated rings. The first-order valence-corrected chi connectivity index (χ1v) is 9.49. The van der Waals surface area contributed by atoms with Crippen LogP contribution >= 0.6 is 11.3 Å². The molecule has 0 aliphatic carbocycles. The van der Waals surface area contributed by atoms with Gasteiger partial charge in [-0.3, -0.25) is 9.59 Å². The minimum absolute atomic E-state index is 0.132. The monoisotopic (exact) mass is 437 g/mol. The lowest BCUT2D eigenvalue weighted by Gasteiger charge is -2.07. The number of anilines is 2. The van der Waals surface area contributed by atoms with Crippen LogP contribution in [0.3, 0.4) is 0 Å². The highest BCUT2D eigenvalue weighted by molar-refractivity contribution is 7.14. The molecule has 0 unspecified atom stereocenters. The molecule has 0 bridgehead atoms. The van der Waals surface area contributed by atoms with Gasteiger partial charge >= 0.3 is 6.18 Å². The molecule has 0 saturated carbocycles. The Bertz CT molecular complexity index is 1080.